The second-order valence-electron chi connectivity index (χ2n) is 10.3. The van der Waals surface area contributed by atoms with Crippen molar-refractivity contribution in [1.82, 2.24) is 9.21 Å². The topological polar surface area (TPSA) is 66.9 Å². The average Bonchev–Trinajstić information content (AvgIpc) is 2.90. The van der Waals surface area contributed by atoms with Crippen molar-refractivity contribution in [3.63, 3.8) is 0 Å². The Kier molecular flexibility index (Phi) is 8.81. The fourth-order valence-electron chi connectivity index (χ4n) is 4.84. The summed E-state index contributed by atoms with van der Waals surface area (Å²) >= 11 is 6.18. The first kappa shape index (κ1) is 28.1. The molecule has 1 aliphatic heterocycles. The number of carbonyl (C=O) groups is 1. The summed E-state index contributed by atoms with van der Waals surface area (Å²) in [7, 11) is -1.81. The van der Waals surface area contributed by atoms with Gasteiger partial charge in [-0.15, -0.1) is 0 Å². The minimum atomic E-state index is -3.62. The molecular weight excluding hydrogens is 520 g/mol. The lowest BCUT2D eigenvalue weighted by Gasteiger charge is -2.41. The number of rotatable bonds is 9. The second kappa shape index (κ2) is 11.9. The maximum absolute atomic E-state index is 13.4. The highest BCUT2D eigenvalue weighted by Gasteiger charge is 2.41. The number of aryl methyl sites for hydroxylation is 2. The van der Waals surface area contributed by atoms with E-state index in [0.29, 0.717) is 54.8 Å². The first-order valence-electron chi connectivity index (χ1n) is 12.8. The molecule has 38 heavy (non-hydrogen) atoms. The number of ether oxygens (including phenoxy) is 1. The molecule has 202 valence electrons. The Morgan fingerprint density at radius 3 is 2.37 bits per heavy atom. The normalized spacial score (nSPS) is 15.7. The van der Waals surface area contributed by atoms with Crippen LogP contribution in [-0.2, 0) is 21.4 Å². The van der Waals surface area contributed by atoms with Crippen molar-refractivity contribution in [2.24, 2.45) is 5.41 Å². The number of nitrogens with zero attached hydrogens (tertiary/aromatic N) is 2. The van der Waals surface area contributed by atoms with Gasteiger partial charge in [0.1, 0.15) is 5.75 Å². The summed E-state index contributed by atoms with van der Waals surface area (Å²) in [5.74, 6) is 0.700. The summed E-state index contributed by atoms with van der Waals surface area (Å²) < 4.78 is 34.4. The van der Waals surface area contributed by atoms with Crippen molar-refractivity contribution in [3.8, 4) is 5.75 Å². The summed E-state index contributed by atoms with van der Waals surface area (Å²) in [6, 6.07) is 22.4. The SMILES string of the molecule is Cc1cccc(S(=O)(=O)N2CCC(COc3ccc(Cl)c(C)c3)(CC(=O)N(C)Cc3ccccc3)CC2)c1. The third kappa shape index (κ3) is 6.76. The van der Waals surface area contributed by atoms with Gasteiger partial charge in [-0.25, -0.2) is 8.42 Å². The molecule has 0 bridgehead atoms. The van der Waals surface area contributed by atoms with E-state index in [0.717, 1.165) is 16.7 Å². The molecule has 0 N–H and O–H groups in total. The van der Waals surface area contributed by atoms with Gasteiger partial charge in [0.05, 0.1) is 11.5 Å². The van der Waals surface area contributed by atoms with Gasteiger partial charge in [0.15, 0.2) is 0 Å². The summed E-state index contributed by atoms with van der Waals surface area (Å²) in [5.41, 5.74) is 2.38. The zero-order valence-electron chi connectivity index (χ0n) is 22.2. The number of hydrogen-bond acceptors (Lipinski definition) is 4. The maximum atomic E-state index is 13.4. The van der Waals surface area contributed by atoms with Crippen molar-refractivity contribution in [3.05, 3.63) is 94.5 Å². The van der Waals surface area contributed by atoms with Crippen LogP contribution in [0, 0.1) is 19.3 Å². The molecule has 0 unspecified atom stereocenters. The molecule has 3 aromatic rings. The summed E-state index contributed by atoms with van der Waals surface area (Å²) in [5, 5.41) is 0.666. The lowest BCUT2D eigenvalue weighted by Crippen LogP contribution is -2.47. The van der Waals surface area contributed by atoms with Crippen molar-refractivity contribution in [2.75, 3.05) is 26.7 Å². The van der Waals surface area contributed by atoms with Gasteiger partial charge in [-0.05, 0) is 73.7 Å². The van der Waals surface area contributed by atoms with E-state index in [1.807, 2.05) is 69.4 Å². The Balaban J connectivity index is 1.51. The number of carbonyl (C=O) groups excluding carboxylic acids is 1. The van der Waals surface area contributed by atoms with E-state index < -0.39 is 15.4 Å². The number of halogens is 1. The molecule has 0 atom stereocenters. The van der Waals surface area contributed by atoms with E-state index in [-0.39, 0.29) is 12.3 Å². The highest BCUT2D eigenvalue weighted by Crippen LogP contribution is 2.38. The minimum absolute atomic E-state index is 0.0136. The van der Waals surface area contributed by atoms with Crippen LogP contribution >= 0.6 is 11.6 Å². The quantitative estimate of drug-likeness (QED) is 0.332. The third-order valence-corrected chi connectivity index (χ3v) is 9.62. The molecule has 0 spiro atoms. The molecule has 3 aromatic carbocycles. The Bertz CT molecular complexity index is 1370. The molecule has 0 aliphatic carbocycles. The average molecular weight is 555 g/mol. The van der Waals surface area contributed by atoms with Crippen LogP contribution in [0.5, 0.6) is 5.75 Å². The Hall–Kier alpha value is -2.87. The molecule has 6 nitrogen and oxygen atoms in total. The maximum Gasteiger partial charge on any atom is 0.243 e. The molecular formula is C30H35ClN2O4S. The van der Waals surface area contributed by atoms with Crippen molar-refractivity contribution < 1.29 is 17.9 Å². The number of hydrogen-bond donors (Lipinski definition) is 0. The molecule has 1 amide bonds. The standard InChI is InChI=1S/C30H35ClN2O4S/c1-23-8-7-11-27(18-23)38(35,36)33-16-14-30(15-17-33,22-37-26-12-13-28(31)24(2)19-26)20-29(34)32(3)21-25-9-5-4-6-10-25/h4-13,18-19H,14-17,20-22H2,1-3H3. The summed E-state index contributed by atoms with van der Waals surface area (Å²) in [6.07, 6.45) is 1.33. The van der Waals surface area contributed by atoms with Crippen LogP contribution in [0.2, 0.25) is 5.02 Å². The van der Waals surface area contributed by atoms with Crippen LogP contribution in [0.25, 0.3) is 0 Å². The van der Waals surface area contributed by atoms with E-state index in [2.05, 4.69) is 0 Å². The highest BCUT2D eigenvalue weighted by atomic mass is 35.5. The van der Waals surface area contributed by atoms with Crippen molar-refractivity contribution in [2.45, 2.75) is 44.6 Å². The molecule has 0 radical (unpaired) electrons. The van der Waals surface area contributed by atoms with Crippen LogP contribution < -0.4 is 4.74 Å². The van der Waals surface area contributed by atoms with Crippen LogP contribution in [-0.4, -0.2) is 50.3 Å². The lowest BCUT2D eigenvalue weighted by atomic mass is 9.76. The van der Waals surface area contributed by atoms with E-state index in [4.69, 9.17) is 16.3 Å². The number of amides is 1. The van der Waals surface area contributed by atoms with Crippen LogP contribution in [0.15, 0.2) is 77.7 Å². The van der Waals surface area contributed by atoms with Gasteiger partial charge >= 0.3 is 0 Å². The van der Waals surface area contributed by atoms with Gasteiger partial charge in [-0.2, -0.15) is 4.31 Å². The number of piperidine rings is 1. The molecule has 4 rings (SSSR count). The lowest BCUT2D eigenvalue weighted by molar-refractivity contribution is -0.134. The summed E-state index contributed by atoms with van der Waals surface area (Å²) in [6.45, 7) is 5.29. The van der Waals surface area contributed by atoms with Crippen molar-refractivity contribution >= 4 is 27.5 Å². The van der Waals surface area contributed by atoms with Gasteiger partial charge in [0.2, 0.25) is 15.9 Å². The molecule has 8 heteroatoms. The van der Waals surface area contributed by atoms with E-state index >= 15 is 0 Å². The number of sulfonamides is 1. The fourth-order valence-corrected chi connectivity index (χ4v) is 6.51. The summed E-state index contributed by atoms with van der Waals surface area (Å²) in [4.78, 5) is 15.4. The van der Waals surface area contributed by atoms with Gasteiger partial charge < -0.3 is 9.64 Å². The Labute approximate surface area is 231 Å². The zero-order valence-corrected chi connectivity index (χ0v) is 23.8. The Morgan fingerprint density at radius 1 is 1.00 bits per heavy atom. The van der Waals surface area contributed by atoms with Crippen molar-refractivity contribution in [1.29, 1.82) is 0 Å². The molecule has 1 aliphatic rings. The minimum Gasteiger partial charge on any atom is -0.493 e. The first-order chi connectivity index (χ1) is 18.1. The molecule has 1 fully saturated rings. The smallest absolute Gasteiger partial charge is 0.243 e. The molecule has 0 aromatic heterocycles. The monoisotopic (exact) mass is 554 g/mol. The van der Waals surface area contributed by atoms with Crippen LogP contribution in [0.4, 0.5) is 0 Å². The number of benzene rings is 3. The van der Waals surface area contributed by atoms with Gasteiger partial charge in [0.25, 0.3) is 0 Å². The Morgan fingerprint density at radius 2 is 1.71 bits per heavy atom. The first-order valence-corrected chi connectivity index (χ1v) is 14.6. The van der Waals surface area contributed by atoms with Crippen LogP contribution in [0.1, 0.15) is 36.0 Å². The zero-order chi connectivity index (χ0) is 27.3. The molecule has 1 heterocycles. The molecule has 1 saturated heterocycles. The molecule has 0 saturated carbocycles. The van der Waals surface area contributed by atoms with E-state index in [1.54, 1.807) is 29.2 Å². The van der Waals surface area contributed by atoms with E-state index in [1.165, 1.54) is 4.31 Å². The van der Waals surface area contributed by atoms with Gasteiger partial charge in [-0.1, -0.05) is 54.1 Å². The second-order valence-corrected chi connectivity index (χ2v) is 12.7. The van der Waals surface area contributed by atoms with Gasteiger partial charge in [0, 0.05) is 43.5 Å². The van der Waals surface area contributed by atoms with Crippen LogP contribution in [0.3, 0.4) is 0 Å². The highest BCUT2D eigenvalue weighted by molar-refractivity contribution is 7.89. The van der Waals surface area contributed by atoms with Gasteiger partial charge in [-0.3, -0.25) is 4.79 Å². The third-order valence-electron chi connectivity index (χ3n) is 7.30. The predicted molar refractivity (Wildman–Crippen MR) is 151 cm³/mol. The predicted octanol–water partition coefficient (Wildman–Crippen LogP) is 5.86. The van der Waals surface area contributed by atoms with E-state index in [9.17, 15) is 13.2 Å². The fraction of sp³-hybridized carbons (Fsp3) is 0.367. The largest absolute Gasteiger partial charge is 0.493 e.